The highest BCUT2D eigenvalue weighted by atomic mass is 16.7. The van der Waals surface area contributed by atoms with Crippen LogP contribution in [0, 0.1) is 0 Å². The Labute approximate surface area is 168 Å². The zero-order chi connectivity index (χ0) is 20.0. The first-order valence-corrected chi connectivity index (χ1v) is 9.67. The number of carbonyl (C=O) groups is 1. The van der Waals surface area contributed by atoms with Gasteiger partial charge in [0.25, 0.3) is 5.91 Å². The normalized spacial score (nSPS) is 22.4. The molecule has 1 aromatic heterocycles. The van der Waals surface area contributed by atoms with Gasteiger partial charge in [-0.05, 0) is 38.1 Å². The van der Waals surface area contributed by atoms with Crippen LogP contribution in [0.15, 0.2) is 42.6 Å². The minimum atomic E-state index is -0.255. The fraction of sp³-hybridized carbons (Fsp3) is 0.333. The maximum atomic E-state index is 12.8. The van der Waals surface area contributed by atoms with Gasteiger partial charge in [-0.1, -0.05) is 6.07 Å². The molecule has 1 saturated heterocycles. The van der Waals surface area contributed by atoms with Crippen molar-refractivity contribution >= 4 is 11.6 Å². The Morgan fingerprint density at radius 2 is 2.14 bits per heavy atom. The number of nitrogens with one attached hydrogen (secondary N) is 2. The van der Waals surface area contributed by atoms with Crippen LogP contribution in [0.3, 0.4) is 0 Å². The number of rotatable bonds is 4. The third-order valence-corrected chi connectivity index (χ3v) is 5.15. The number of fused-ring (bicyclic) bond motifs is 2. The molecule has 0 spiro atoms. The largest absolute Gasteiger partial charge is 0.486 e. The molecule has 2 unspecified atom stereocenters. The highest BCUT2D eigenvalue weighted by molar-refractivity contribution is 5.97. The standard InChI is InChI=1S/C21H22N4O4/c1-12(2)29-19-13(6-7-17-20(19)28-11-27-17)16-9-18(26)25-21(24-16)14(10-23-25)15-5-3-4-8-22-15/h3-9,12,14,21,23-24H,10-11H2,1-2H3. The van der Waals surface area contributed by atoms with Crippen LogP contribution < -0.4 is 25.0 Å². The minimum absolute atomic E-state index is 0.0207. The maximum absolute atomic E-state index is 12.8. The lowest BCUT2D eigenvalue weighted by Gasteiger charge is -2.33. The highest BCUT2D eigenvalue weighted by Gasteiger charge is 2.42. The van der Waals surface area contributed by atoms with Crippen molar-refractivity contribution in [3.63, 3.8) is 0 Å². The van der Waals surface area contributed by atoms with Crippen LogP contribution in [0.5, 0.6) is 17.2 Å². The molecule has 8 heteroatoms. The molecule has 1 aromatic carbocycles. The van der Waals surface area contributed by atoms with Crippen molar-refractivity contribution in [3.8, 4) is 17.2 Å². The van der Waals surface area contributed by atoms with Crippen molar-refractivity contribution in [1.29, 1.82) is 0 Å². The van der Waals surface area contributed by atoms with E-state index in [-0.39, 0.29) is 30.9 Å². The lowest BCUT2D eigenvalue weighted by Crippen LogP contribution is -2.52. The number of pyridine rings is 1. The average Bonchev–Trinajstić information content (AvgIpc) is 3.35. The predicted octanol–water partition coefficient (Wildman–Crippen LogP) is 2.00. The molecule has 0 saturated carbocycles. The van der Waals surface area contributed by atoms with Gasteiger partial charge in [-0.2, -0.15) is 0 Å². The van der Waals surface area contributed by atoms with Crippen molar-refractivity contribution in [3.05, 3.63) is 53.9 Å². The van der Waals surface area contributed by atoms with Gasteiger partial charge >= 0.3 is 0 Å². The van der Waals surface area contributed by atoms with Crippen molar-refractivity contribution in [2.75, 3.05) is 13.3 Å². The molecule has 4 heterocycles. The van der Waals surface area contributed by atoms with Crippen LogP contribution in [0.1, 0.15) is 31.0 Å². The first-order chi connectivity index (χ1) is 14.1. The Morgan fingerprint density at radius 1 is 1.24 bits per heavy atom. The molecule has 1 amide bonds. The highest BCUT2D eigenvalue weighted by Crippen LogP contribution is 2.46. The second-order valence-electron chi connectivity index (χ2n) is 7.42. The molecule has 2 atom stereocenters. The van der Waals surface area contributed by atoms with Gasteiger partial charge in [-0.3, -0.25) is 14.8 Å². The zero-order valence-electron chi connectivity index (χ0n) is 16.2. The van der Waals surface area contributed by atoms with Crippen LogP contribution >= 0.6 is 0 Å². The summed E-state index contributed by atoms with van der Waals surface area (Å²) in [6.45, 7) is 4.68. The van der Waals surface area contributed by atoms with E-state index in [1.54, 1.807) is 17.3 Å². The third kappa shape index (κ3) is 3.05. The van der Waals surface area contributed by atoms with Crippen LogP contribution in [0.2, 0.25) is 0 Å². The minimum Gasteiger partial charge on any atom is -0.486 e. The van der Waals surface area contributed by atoms with Gasteiger partial charge in [0.1, 0.15) is 6.17 Å². The van der Waals surface area contributed by atoms with Crippen LogP contribution in [0.4, 0.5) is 0 Å². The number of hydrogen-bond acceptors (Lipinski definition) is 7. The Balaban J connectivity index is 1.53. The maximum Gasteiger partial charge on any atom is 0.264 e. The van der Waals surface area contributed by atoms with Crippen molar-refractivity contribution in [1.82, 2.24) is 20.7 Å². The van der Waals surface area contributed by atoms with Gasteiger partial charge < -0.3 is 19.5 Å². The van der Waals surface area contributed by atoms with E-state index in [4.69, 9.17) is 14.2 Å². The molecule has 3 aliphatic rings. The van der Waals surface area contributed by atoms with Gasteiger partial charge in [0.05, 0.1) is 17.7 Å². The molecule has 150 valence electrons. The number of ether oxygens (including phenoxy) is 3. The summed E-state index contributed by atoms with van der Waals surface area (Å²) in [6, 6.07) is 9.56. The third-order valence-electron chi connectivity index (χ3n) is 5.15. The Bertz CT molecular complexity index is 976. The molecule has 8 nitrogen and oxygen atoms in total. The number of nitrogens with zero attached hydrogens (tertiary/aromatic N) is 2. The van der Waals surface area contributed by atoms with Crippen molar-refractivity contribution < 1.29 is 19.0 Å². The predicted molar refractivity (Wildman–Crippen MR) is 105 cm³/mol. The number of amides is 1. The smallest absolute Gasteiger partial charge is 0.264 e. The Kier molecular flexibility index (Phi) is 4.28. The Hall–Kier alpha value is -3.26. The molecule has 3 aliphatic heterocycles. The molecule has 5 rings (SSSR count). The molecule has 0 radical (unpaired) electrons. The molecule has 2 N–H and O–H groups in total. The number of benzene rings is 1. The van der Waals surface area contributed by atoms with E-state index in [0.717, 1.165) is 11.3 Å². The molecule has 0 aliphatic carbocycles. The molecule has 1 fully saturated rings. The summed E-state index contributed by atoms with van der Waals surface area (Å²) < 4.78 is 17.2. The van der Waals surface area contributed by atoms with E-state index in [1.807, 2.05) is 44.2 Å². The van der Waals surface area contributed by atoms with Gasteiger partial charge in [0, 0.05) is 30.1 Å². The first-order valence-electron chi connectivity index (χ1n) is 9.67. The topological polar surface area (TPSA) is 85.0 Å². The monoisotopic (exact) mass is 394 g/mol. The number of aromatic nitrogens is 1. The summed E-state index contributed by atoms with van der Waals surface area (Å²) in [7, 11) is 0. The molecular formula is C21H22N4O4. The SMILES string of the molecule is CC(C)Oc1c(C2=CC(=O)N3NCC(c4ccccn4)C3N2)ccc2c1OCO2. The summed E-state index contributed by atoms with van der Waals surface area (Å²) in [5.74, 6) is 1.69. The summed E-state index contributed by atoms with van der Waals surface area (Å²) in [5.41, 5.74) is 5.56. The molecule has 29 heavy (non-hydrogen) atoms. The molecular weight excluding hydrogens is 372 g/mol. The summed E-state index contributed by atoms with van der Waals surface area (Å²) in [5, 5.41) is 5.13. The lowest BCUT2D eigenvalue weighted by molar-refractivity contribution is -0.130. The zero-order valence-corrected chi connectivity index (χ0v) is 16.2. The van der Waals surface area contributed by atoms with E-state index in [0.29, 0.717) is 29.5 Å². The van der Waals surface area contributed by atoms with E-state index in [1.165, 1.54) is 0 Å². The van der Waals surface area contributed by atoms with Crippen molar-refractivity contribution in [2.24, 2.45) is 0 Å². The summed E-state index contributed by atoms with van der Waals surface area (Å²) in [6.07, 6.45) is 3.03. The summed E-state index contributed by atoms with van der Waals surface area (Å²) >= 11 is 0. The van der Waals surface area contributed by atoms with Crippen LogP contribution in [0.25, 0.3) is 5.70 Å². The van der Waals surface area contributed by atoms with Crippen LogP contribution in [-0.2, 0) is 4.79 Å². The molecule has 2 aromatic rings. The fourth-order valence-corrected chi connectivity index (χ4v) is 3.89. The first kappa shape index (κ1) is 17.8. The quantitative estimate of drug-likeness (QED) is 0.820. The van der Waals surface area contributed by atoms with E-state index in [2.05, 4.69) is 15.7 Å². The van der Waals surface area contributed by atoms with Gasteiger partial charge in [0.15, 0.2) is 11.5 Å². The Morgan fingerprint density at radius 3 is 2.93 bits per heavy atom. The van der Waals surface area contributed by atoms with Gasteiger partial charge in [-0.15, -0.1) is 0 Å². The van der Waals surface area contributed by atoms with Gasteiger partial charge in [0.2, 0.25) is 12.5 Å². The van der Waals surface area contributed by atoms with E-state index < -0.39 is 0 Å². The average molecular weight is 394 g/mol. The van der Waals surface area contributed by atoms with Crippen molar-refractivity contribution in [2.45, 2.75) is 32.0 Å². The van der Waals surface area contributed by atoms with Crippen LogP contribution in [-0.4, -0.2) is 41.5 Å². The fourth-order valence-electron chi connectivity index (χ4n) is 3.89. The van der Waals surface area contributed by atoms with E-state index >= 15 is 0 Å². The number of hydrazine groups is 1. The second-order valence-corrected chi connectivity index (χ2v) is 7.42. The number of carbonyl (C=O) groups excluding carboxylic acids is 1. The van der Waals surface area contributed by atoms with E-state index in [9.17, 15) is 4.79 Å². The second kappa shape index (κ2) is 6.97. The number of hydrogen-bond donors (Lipinski definition) is 2. The lowest BCUT2D eigenvalue weighted by atomic mass is 9.99. The van der Waals surface area contributed by atoms with Gasteiger partial charge in [-0.25, -0.2) is 5.43 Å². The molecule has 0 bridgehead atoms. The summed E-state index contributed by atoms with van der Waals surface area (Å²) in [4.78, 5) is 17.3.